The van der Waals surface area contributed by atoms with Crippen LogP contribution in [0.15, 0.2) is 11.6 Å². The van der Waals surface area contributed by atoms with Crippen molar-refractivity contribution in [2.24, 2.45) is 5.73 Å². The third kappa shape index (κ3) is 0.840. The second-order valence-corrected chi connectivity index (χ2v) is 2.10. The molecule has 1 rings (SSSR count). The van der Waals surface area contributed by atoms with Crippen molar-refractivity contribution in [1.29, 1.82) is 0 Å². The Balaban J connectivity index is 2.93. The number of carbonyl (C=O) groups excluding carboxylic acids is 1. The maximum Gasteiger partial charge on any atom is 0.277 e. The van der Waals surface area contributed by atoms with Crippen molar-refractivity contribution in [3.63, 3.8) is 0 Å². The largest absolute Gasteiger partial charge is 0.364 e. The Hall–Kier alpha value is -0.900. The van der Waals surface area contributed by atoms with E-state index in [1.54, 1.807) is 11.6 Å². The van der Waals surface area contributed by atoms with Gasteiger partial charge in [-0.2, -0.15) is 0 Å². The molecule has 0 radical (unpaired) electrons. The number of carbonyl (C=O) groups is 1. The van der Waals surface area contributed by atoms with Crippen molar-refractivity contribution in [3.05, 3.63) is 16.6 Å². The zero-order valence-corrected chi connectivity index (χ0v) is 4.81. The summed E-state index contributed by atoms with van der Waals surface area (Å²) in [5, 5.41) is 2.07. The number of rotatable bonds is 1. The Labute approximate surface area is 50.2 Å². The summed E-state index contributed by atoms with van der Waals surface area (Å²) in [6.07, 6.45) is 1.55. The number of hydrogen-bond acceptors (Lipinski definition) is 3. The molecule has 0 atom stereocenters. The van der Waals surface area contributed by atoms with Crippen LogP contribution in [0.4, 0.5) is 0 Å². The molecule has 4 heteroatoms. The van der Waals surface area contributed by atoms with Crippen LogP contribution in [0.25, 0.3) is 0 Å². The molecule has 8 heavy (non-hydrogen) atoms. The number of amides is 1. The van der Waals surface area contributed by atoms with Crippen molar-refractivity contribution in [3.8, 4) is 0 Å². The van der Waals surface area contributed by atoms with E-state index in [1.165, 1.54) is 11.3 Å². The van der Waals surface area contributed by atoms with Crippen LogP contribution in [-0.2, 0) is 0 Å². The smallest absolute Gasteiger partial charge is 0.277 e. The fraction of sp³-hybridized carbons (Fsp3) is 0. The van der Waals surface area contributed by atoms with Crippen LogP contribution < -0.4 is 5.73 Å². The van der Waals surface area contributed by atoms with E-state index in [1.807, 2.05) is 0 Å². The number of nitrogens with two attached hydrogens (primary N) is 1. The van der Waals surface area contributed by atoms with Crippen molar-refractivity contribution < 1.29 is 4.79 Å². The summed E-state index contributed by atoms with van der Waals surface area (Å²) in [5.74, 6) is -0.458. The third-order valence-electron chi connectivity index (χ3n) is 0.643. The molecule has 3 nitrogen and oxygen atoms in total. The van der Waals surface area contributed by atoms with Gasteiger partial charge in [-0.3, -0.25) is 4.79 Å². The normalized spacial score (nSPS) is 9.00. The van der Waals surface area contributed by atoms with Crippen molar-refractivity contribution in [2.75, 3.05) is 0 Å². The van der Waals surface area contributed by atoms with Crippen LogP contribution >= 0.6 is 11.3 Å². The molecule has 1 aromatic rings. The summed E-state index contributed by atoms with van der Waals surface area (Å²) in [7, 11) is 0. The highest BCUT2D eigenvalue weighted by Gasteiger charge is 1.98. The van der Waals surface area contributed by atoms with Gasteiger partial charge in [-0.25, -0.2) is 4.98 Å². The van der Waals surface area contributed by atoms with Gasteiger partial charge in [-0.1, -0.05) is 0 Å². The van der Waals surface area contributed by atoms with Crippen molar-refractivity contribution in [1.82, 2.24) is 4.98 Å². The van der Waals surface area contributed by atoms with Gasteiger partial charge >= 0.3 is 0 Å². The van der Waals surface area contributed by atoms with E-state index < -0.39 is 5.91 Å². The SMILES string of the molecule is NC(=O)c1nccs1. The van der Waals surface area contributed by atoms with Crippen molar-refractivity contribution >= 4 is 17.2 Å². The third-order valence-corrected chi connectivity index (χ3v) is 1.43. The quantitative estimate of drug-likeness (QED) is 0.589. The van der Waals surface area contributed by atoms with Crippen LogP contribution in [0, 0.1) is 0 Å². The van der Waals surface area contributed by atoms with Crippen LogP contribution in [0.5, 0.6) is 0 Å². The minimum atomic E-state index is -0.458. The minimum absolute atomic E-state index is 0.366. The fourth-order valence-corrected chi connectivity index (χ4v) is 0.834. The molecule has 1 heterocycles. The van der Waals surface area contributed by atoms with Gasteiger partial charge in [-0.05, 0) is 0 Å². The molecule has 0 saturated heterocycles. The molecule has 0 aromatic carbocycles. The number of aromatic nitrogens is 1. The molecule has 2 N–H and O–H groups in total. The number of nitrogens with zero attached hydrogens (tertiary/aromatic N) is 1. The topological polar surface area (TPSA) is 56.0 Å². The molecule has 0 unspecified atom stereocenters. The first kappa shape index (κ1) is 5.24. The lowest BCUT2D eigenvalue weighted by atomic mass is 10.7. The highest BCUT2D eigenvalue weighted by atomic mass is 32.1. The monoisotopic (exact) mass is 128 g/mol. The van der Waals surface area contributed by atoms with E-state index in [4.69, 9.17) is 5.73 Å². The predicted molar refractivity (Wildman–Crippen MR) is 30.6 cm³/mol. The van der Waals surface area contributed by atoms with Crippen LogP contribution in [0.1, 0.15) is 9.80 Å². The predicted octanol–water partition coefficient (Wildman–Crippen LogP) is 0.242. The van der Waals surface area contributed by atoms with E-state index in [9.17, 15) is 4.79 Å². The Morgan fingerprint density at radius 2 is 2.62 bits per heavy atom. The molecule has 1 aromatic heterocycles. The second kappa shape index (κ2) is 1.92. The Morgan fingerprint density at radius 1 is 1.88 bits per heavy atom. The van der Waals surface area contributed by atoms with Gasteiger partial charge in [-0.15, -0.1) is 11.3 Å². The van der Waals surface area contributed by atoms with Gasteiger partial charge in [0.05, 0.1) is 0 Å². The van der Waals surface area contributed by atoms with E-state index >= 15 is 0 Å². The van der Waals surface area contributed by atoms with E-state index in [-0.39, 0.29) is 0 Å². The van der Waals surface area contributed by atoms with E-state index in [0.29, 0.717) is 5.01 Å². The number of hydrogen-bond donors (Lipinski definition) is 1. The average Bonchev–Trinajstić information content (AvgIpc) is 2.12. The molecular weight excluding hydrogens is 124 g/mol. The molecule has 0 aliphatic carbocycles. The molecule has 0 fully saturated rings. The first-order valence-electron chi connectivity index (χ1n) is 2.00. The molecule has 0 saturated carbocycles. The Morgan fingerprint density at radius 3 is 2.88 bits per heavy atom. The molecule has 1 amide bonds. The van der Waals surface area contributed by atoms with E-state index in [2.05, 4.69) is 4.98 Å². The zero-order chi connectivity index (χ0) is 5.98. The van der Waals surface area contributed by atoms with Crippen LogP contribution in [-0.4, -0.2) is 10.9 Å². The Kier molecular flexibility index (Phi) is 1.26. The number of thiazole rings is 1. The van der Waals surface area contributed by atoms with Gasteiger partial charge in [0.15, 0.2) is 5.01 Å². The van der Waals surface area contributed by atoms with Gasteiger partial charge < -0.3 is 5.73 Å². The summed E-state index contributed by atoms with van der Waals surface area (Å²) in [4.78, 5) is 13.9. The maximum atomic E-state index is 10.2. The van der Waals surface area contributed by atoms with Crippen LogP contribution in [0.2, 0.25) is 0 Å². The van der Waals surface area contributed by atoms with Crippen molar-refractivity contribution in [2.45, 2.75) is 0 Å². The van der Waals surface area contributed by atoms with Gasteiger partial charge in [0.25, 0.3) is 5.91 Å². The Bertz CT molecular complexity index is 182. The first-order valence-corrected chi connectivity index (χ1v) is 2.88. The van der Waals surface area contributed by atoms with Gasteiger partial charge in [0.1, 0.15) is 0 Å². The minimum Gasteiger partial charge on any atom is -0.364 e. The van der Waals surface area contributed by atoms with Gasteiger partial charge in [0.2, 0.25) is 0 Å². The molecule has 0 aliphatic heterocycles. The molecule has 0 aliphatic rings. The molecular formula is C4H4N2OS. The molecule has 0 bridgehead atoms. The summed E-state index contributed by atoms with van der Waals surface area (Å²) in [5.41, 5.74) is 4.87. The standard InChI is InChI=1S/C4H4N2OS/c5-3(7)4-6-1-2-8-4/h1-2H,(H2,5,7). The first-order chi connectivity index (χ1) is 3.80. The van der Waals surface area contributed by atoms with E-state index in [0.717, 1.165) is 0 Å². The van der Waals surface area contributed by atoms with Crippen LogP contribution in [0.3, 0.4) is 0 Å². The summed E-state index contributed by atoms with van der Waals surface area (Å²) < 4.78 is 0. The summed E-state index contributed by atoms with van der Waals surface area (Å²) in [6, 6.07) is 0. The highest BCUT2D eigenvalue weighted by Crippen LogP contribution is 2.00. The number of primary amides is 1. The van der Waals surface area contributed by atoms with Gasteiger partial charge in [0, 0.05) is 11.6 Å². The molecule has 42 valence electrons. The summed E-state index contributed by atoms with van der Waals surface area (Å²) in [6.45, 7) is 0. The lowest BCUT2D eigenvalue weighted by Crippen LogP contribution is -2.09. The highest BCUT2D eigenvalue weighted by molar-refractivity contribution is 7.11. The molecule has 0 spiro atoms. The lowest BCUT2D eigenvalue weighted by molar-refractivity contribution is 0.1000. The lowest BCUT2D eigenvalue weighted by Gasteiger charge is -1.78. The average molecular weight is 128 g/mol. The second-order valence-electron chi connectivity index (χ2n) is 1.20. The maximum absolute atomic E-state index is 10.2. The zero-order valence-electron chi connectivity index (χ0n) is 4.00. The fourth-order valence-electron chi connectivity index (χ4n) is 0.345. The summed E-state index contributed by atoms with van der Waals surface area (Å²) >= 11 is 1.25.